The number of rotatable bonds is 30. The predicted octanol–water partition coefficient (Wildman–Crippen LogP) is 9.72. The standard InChI is InChI=1S/C31H49FN8O3.C24H45NO7.2C2H6.CH4O/c1-19(21(3)33)6-11-26-27(14-20(2)43-30(26)41)39(4)13-12-25(34)18-40(36)28(15-32)29(42-5)23-9-7-22(8-10-23)24-16-37-31(35)38-17-24;1-10-16(6)29-20(12-3)30-18(13-14-28-9)17(7)22(26)31-19(11-2)24(8)21(15(4)5)25-23(27)32-24;3*1-2/h7-10,16-20,26-30,33,41H,6,11-15,34,36H2,1-5H3,(H2,35,37,38);15-21H,10-14H2,1-9H3,(H,25,27);2*1-2H3;2H,1H3/b25-18-,33-21?;;;;/t19-,20?,26-,27?,28?,29?,30?;16?,17?,18-,19+,20-,21?,24+;;;/m10.../s1. The van der Waals surface area contributed by atoms with Crippen LogP contribution in [-0.2, 0) is 38.0 Å². The lowest BCUT2D eigenvalue weighted by atomic mass is 9.83. The fraction of sp³-hybridized carbons (Fsp3) is 0.750. The van der Waals surface area contributed by atoms with Crippen LogP contribution in [-0.4, -0.2) is 157 Å². The number of hydrogen-bond donors (Lipinski definition) is 7. The number of carbonyl (C=O) groups excluding carboxylic acids is 2. The number of esters is 1. The van der Waals surface area contributed by atoms with Crippen LogP contribution >= 0.6 is 0 Å². The van der Waals surface area contributed by atoms with Gasteiger partial charge in [0.25, 0.3) is 0 Å². The minimum Gasteiger partial charge on any atom is -0.458 e. The van der Waals surface area contributed by atoms with Gasteiger partial charge < -0.3 is 75.5 Å². The molecule has 0 saturated carbocycles. The maximum absolute atomic E-state index is 14.4. The van der Waals surface area contributed by atoms with Gasteiger partial charge in [-0.3, -0.25) is 4.79 Å². The highest BCUT2D eigenvalue weighted by Gasteiger charge is 2.53. The molecule has 81 heavy (non-hydrogen) atoms. The number of aliphatic hydroxyl groups excluding tert-OH is 2. The molecule has 0 aliphatic carbocycles. The highest BCUT2D eigenvalue weighted by atomic mass is 19.1. The Bertz CT molecular complexity index is 2040. The maximum Gasteiger partial charge on any atom is 0.408 e. The summed E-state index contributed by atoms with van der Waals surface area (Å²) < 4.78 is 54.7. The zero-order valence-electron chi connectivity index (χ0n) is 52.9. The summed E-state index contributed by atoms with van der Waals surface area (Å²) in [4.78, 5) is 35.4. The van der Waals surface area contributed by atoms with E-state index in [0.717, 1.165) is 49.5 Å². The van der Waals surface area contributed by atoms with Crippen LogP contribution in [0.3, 0.4) is 0 Å². The van der Waals surface area contributed by atoms with Crippen molar-refractivity contribution >= 4 is 23.7 Å². The summed E-state index contributed by atoms with van der Waals surface area (Å²) in [5.41, 5.74) is 14.6. The van der Waals surface area contributed by atoms with Gasteiger partial charge in [-0.25, -0.2) is 25.0 Å². The van der Waals surface area contributed by atoms with E-state index < -0.39 is 61.2 Å². The molecule has 0 bridgehead atoms. The van der Waals surface area contributed by atoms with Crippen LogP contribution in [0.15, 0.2) is 48.6 Å². The number of nitrogen functional groups attached to an aromatic ring is 1. The number of alkyl carbamates (subject to hydrolysis) is 1. The number of anilines is 1. The topological polar surface area (TPSA) is 285 Å². The first-order valence-corrected chi connectivity index (χ1v) is 29.3. The van der Waals surface area contributed by atoms with Crippen molar-refractivity contribution in [3.8, 4) is 11.1 Å². The van der Waals surface area contributed by atoms with Gasteiger partial charge >= 0.3 is 12.1 Å². The lowest BCUT2D eigenvalue weighted by molar-refractivity contribution is -0.211. The summed E-state index contributed by atoms with van der Waals surface area (Å²) in [5, 5.41) is 29.8. The predicted molar refractivity (Wildman–Crippen MR) is 320 cm³/mol. The molecule has 1 aromatic carbocycles. The molecule has 8 unspecified atom stereocenters. The third-order valence-electron chi connectivity index (χ3n) is 14.8. The van der Waals surface area contributed by atoms with Crippen LogP contribution in [0.4, 0.5) is 15.1 Å². The van der Waals surface area contributed by atoms with Crippen molar-refractivity contribution in [3.05, 3.63) is 54.1 Å². The van der Waals surface area contributed by atoms with E-state index in [1.807, 2.05) is 121 Å². The van der Waals surface area contributed by atoms with E-state index in [9.17, 15) is 19.1 Å². The van der Waals surface area contributed by atoms with E-state index in [-0.39, 0.29) is 54.0 Å². The number of benzene rings is 1. The van der Waals surface area contributed by atoms with E-state index >= 15 is 0 Å². The molecule has 2 fully saturated rings. The first-order valence-electron chi connectivity index (χ1n) is 29.3. The fourth-order valence-corrected chi connectivity index (χ4v) is 9.71. The molecule has 3 heterocycles. The lowest BCUT2D eigenvalue weighted by Gasteiger charge is -2.43. The Labute approximate surface area is 486 Å². The smallest absolute Gasteiger partial charge is 0.408 e. The van der Waals surface area contributed by atoms with Gasteiger partial charge in [-0.05, 0) is 110 Å². The van der Waals surface area contributed by atoms with Crippen LogP contribution in [0.1, 0.15) is 167 Å². The number of nitrogens with one attached hydrogen (secondary N) is 2. The second kappa shape index (κ2) is 40.6. The van der Waals surface area contributed by atoms with E-state index in [0.29, 0.717) is 50.2 Å². The number of alkyl halides is 1. The van der Waals surface area contributed by atoms with Gasteiger partial charge in [0.2, 0.25) is 5.95 Å². The highest BCUT2D eigenvalue weighted by molar-refractivity contribution is 5.80. The number of hydrazine groups is 1. The number of nitrogens with zero attached hydrogens (tertiary/aromatic N) is 4. The fourth-order valence-electron chi connectivity index (χ4n) is 9.71. The van der Waals surface area contributed by atoms with Crippen LogP contribution in [0.5, 0.6) is 0 Å². The second-order valence-electron chi connectivity index (χ2n) is 20.9. The third-order valence-corrected chi connectivity index (χ3v) is 14.8. The number of hydrogen-bond acceptors (Lipinski definition) is 19. The molecule has 0 spiro atoms. The van der Waals surface area contributed by atoms with Crippen molar-refractivity contribution in [2.45, 2.75) is 222 Å². The summed E-state index contributed by atoms with van der Waals surface area (Å²) in [5.74, 6) is 5.81. The van der Waals surface area contributed by atoms with Gasteiger partial charge in [0.1, 0.15) is 24.9 Å². The third kappa shape index (κ3) is 24.7. The number of amides is 1. The van der Waals surface area contributed by atoms with E-state index in [1.165, 1.54) is 12.1 Å². The molecule has 21 heteroatoms. The number of methoxy groups -OCH3 is 2. The van der Waals surface area contributed by atoms with Crippen LogP contribution in [0.25, 0.3) is 11.1 Å². The van der Waals surface area contributed by atoms with Gasteiger partial charge in [0.15, 0.2) is 18.2 Å². The Morgan fingerprint density at radius 3 is 2.10 bits per heavy atom. The molecular formula is C60H110FN9O11. The Morgan fingerprint density at radius 2 is 1.59 bits per heavy atom. The molecule has 2 aromatic rings. The van der Waals surface area contributed by atoms with Crippen molar-refractivity contribution < 1.29 is 57.4 Å². The summed E-state index contributed by atoms with van der Waals surface area (Å²) in [6, 6.07) is 6.55. The second-order valence-corrected chi connectivity index (χ2v) is 20.9. The molecule has 1 amide bonds. The number of cyclic esters (lactones) is 1. The number of carbonyl (C=O) groups is 2. The zero-order chi connectivity index (χ0) is 62.2. The summed E-state index contributed by atoms with van der Waals surface area (Å²) in [6.45, 7) is 29.8. The quantitative estimate of drug-likeness (QED) is 0.0126. The molecule has 14 atom stereocenters. The van der Waals surface area contributed by atoms with E-state index in [2.05, 4.69) is 27.1 Å². The van der Waals surface area contributed by atoms with Gasteiger partial charge in [-0.2, -0.15) is 0 Å². The van der Waals surface area contributed by atoms with Crippen LogP contribution in [0.2, 0.25) is 0 Å². The largest absolute Gasteiger partial charge is 0.458 e. The number of nitrogens with two attached hydrogens (primary N) is 3. The molecule has 468 valence electrons. The number of halogens is 1. The SMILES string of the molecule is CC.CC.CCC(C)O[C@H](CC)O[C@@H](CCOC)C(C)C(=O)O[C@H](CC)[C@@]1(C)OC(=O)NC1C(C)C.CO.COC(c1ccc(-c2cnc(N)nc2)cc1)C(CF)N(N)/C=C(\N)CCN(C)C1CC(C)OC(O)[C@@H]1CC[C@@H](C)C(C)=N. The van der Waals surface area contributed by atoms with Gasteiger partial charge in [-0.15, -0.1) is 0 Å². The first-order chi connectivity index (χ1) is 38.5. The van der Waals surface area contributed by atoms with Crippen molar-refractivity contribution in [1.29, 1.82) is 5.41 Å². The van der Waals surface area contributed by atoms with Crippen molar-refractivity contribution in [2.24, 2.45) is 35.2 Å². The number of ether oxygens (including phenoxy) is 7. The van der Waals surface area contributed by atoms with Gasteiger partial charge in [0.05, 0.1) is 30.3 Å². The van der Waals surface area contributed by atoms with Crippen molar-refractivity contribution in [2.75, 3.05) is 53.9 Å². The number of aliphatic hydroxyl groups is 2. The molecule has 2 saturated heterocycles. The maximum atomic E-state index is 14.4. The lowest BCUT2D eigenvalue weighted by Crippen LogP contribution is -2.54. The van der Waals surface area contributed by atoms with Crippen LogP contribution in [0, 0.1) is 29.1 Å². The number of aromatic nitrogens is 2. The summed E-state index contributed by atoms with van der Waals surface area (Å²) in [6.07, 6.45) is 6.91. The Morgan fingerprint density at radius 1 is 0.988 bits per heavy atom. The average Bonchev–Trinajstić information content (AvgIpc) is 4.01. The van der Waals surface area contributed by atoms with Crippen LogP contribution < -0.4 is 22.6 Å². The molecule has 2 aliphatic rings. The molecule has 0 radical (unpaired) electrons. The summed E-state index contributed by atoms with van der Waals surface area (Å²) >= 11 is 0. The van der Waals surface area contributed by atoms with Gasteiger partial charge in [-0.1, -0.05) is 93.5 Å². The van der Waals surface area contributed by atoms with E-state index in [4.69, 9.17) is 61.0 Å². The minimum absolute atomic E-state index is 0.0622. The Kier molecular flexibility index (Phi) is 38.3. The zero-order valence-corrected chi connectivity index (χ0v) is 52.9. The molecule has 4 rings (SSSR count). The Balaban J connectivity index is 0.00000150. The molecular weight excluding hydrogens is 1040 g/mol. The highest BCUT2D eigenvalue weighted by Crippen LogP contribution is 2.36. The van der Waals surface area contributed by atoms with Gasteiger partial charge in [0, 0.05) is 88.4 Å². The monoisotopic (exact) mass is 1150 g/mol. The van der Waals surface area contributed by atoms with Crippen molar-refractivity contribution in [3.63, 3.8) is 0 Å². The van der Waals surface area contributed by atoms with E-state index in [1.54, 1.807) is 32.6 Å². The molecule has 20 nitrogen and oxygen atoms in total. The normalized spacial score (nSPS) is 22.6. The minimum atomic E-state index is -0.941. The van der Waals surface area contributed by atoms with Crippen molar-refractivity contribution in [1.82, 2.24) is 25.2 Å². The summed E-state index contributed by atoms with van der Waals surface area (Å²) in [7, 11) is 6.16. The first kappa shape index (κ1) is 76.4. The molecule has 2 aliphatic heterocycles. The Hall–Kier alpha value is -4.58. The molecule has 10 N–H and O–H groups in total. The average molecular weight is 1150 g/mol. The molecule has 1 aromatic heterocycles.